The monoisotopic (exact) mass is 275 g/mol. The van der Waals surface area contributed by atoms with Gasteiger partial charge < -0.3 is 10.4 Å². The number of benzene rings is 1. The molecule has 0 aliphatic rings. The number of nitrogens with one attached hydrogen (secondary N) is 1. The van der Waals surface area contributed by atoms with Crippen LogP contribution in [0, 0.1) is 5.92 Å². The van der Waals surface area contributed by atoms with E-state index in [2.05, 4.69) is 19.2 Å². The summed E-state index contributed by atoms with van der Waals surface area (Å²) in [5, 5.41) is 13.8. The maximum atomic E-state index is 9.25. The SMILES string of the molecule is CC(C)CC(CO)NCc1cc(Cl)cc(Cl)c1. The van der Waals surface area contributed by atoms with Crippen molar-refractivity contribution in [2.75, 3.05) is 6.61 Å². The van der Waals surface area contributed by atoms with Crippen molar-refractivity contribution < 1.29 is 5.11 Å². The summed E-state index contributed by atoms with van der Waals surface area (Å²) >= 11 is 11.8. The van der Waals surface area contributed by atoms with Gasteiger partial charge in [-0.1, -0.05) is 37.0 Å². The molecule has 0 aliphatic carbocycles. The Morgan fingerprint density at radius 1 is 1.18 bits per heavy atom. The number of halogens is 2. The number of hydrogen-bond acceptors (Lipinski definition) is 2. The van der Waals surface area contributed by atoms with Gasteiger partial charge in [0.05, 0.1) is 6.61 Å². The van der Waals surface area contributed by atoms with E-state index in [4.69, 9.17) is 23.2 Å². The van der Waals surface area contributed by atoms with Crippen LogP contribution in [0.25, 0.3) is 0 Å². The van der Waals surface area contributed by atoms with Crippen molar-refractivity contribution >= 4 is 23.2 Å². The third-order valence-corrected chi connectivity index (χ3v) is 2.93. The second-order valence-electron chi connectivity index (χ2n) is 4.67. The molecule has 0 amide bonds. The molecule has 0 fully saturated rings. The summed E-state index contributed by atoms with van der Waals surface area (Å²) in [5.74, 6) is 0.558. The van der Waals surface area contributed by atoms with Crippen molar-refractivity contribution in [1.29, 1.82) is 0 Å². The Morgan fingerprint density at radius 3 is 2.24 bits per heavy atom. The Bertz CT molecular complexity index is 335. The van der Waals surface area contributed by atoms with Crippen molar-refractivity contribution in [3.8, 4) is 0 Å². The lowest BCUT2D eigenvalue weighted by Gasteiger charge is -2.18. The van der Waals surface area contributed by atoms with Gasteiger partial charge in [-0.25, -0.2) is 0 Å². The zero-order valence-corrected chi connectivity index (χ0v) is 11.7. The third-order valence-electron chi connectivity index (χ3n) is 2.49. The molecule has 0 bridgehead atoms. The van der Waals surface area contributed by atoms with E-state index < -0.39 is 0 Å². The van der Waals surface area contributed by atoms with Crippen LogP contribution in [0.2, 0.25) is 10.0 Å². The summed E-state index contributed by atoms with van der Waals surface area (Å²) in [7, 11) is 0. The lowest BCUT2D eigenvalue weighted by atomic mass is 10.0. The van der Waals surface area contributed by atoms with Crippen LogP contribution in [0.1, 0.15) is 25.8 Å². The van der Waals surface area contributed by atoms with Crippen LogP contribution in [0.15, 0.2) is 18.2 Å². The normalized spacial score (nSPS) is 13.1. The molecule has 2 N–H and O–H groups in total. The second kappa shape index (κ2) is 7.22. The number of rotatable bonds is 6. The maximum Gasteiger partial charge on any atom is 0.0584 e. The topological polar surface area (TPSA) is 32.3 Å². The maximum absolute atomic E-state index is 9.25. The number of hydrogen-bond donors (Lipinski definition) is 2. The number of aliphatic hydroxyl groups excluding tert-OH is 1. The zero-order valence-electron chi connectivity index (χ0n) is 10.2. The van der Waals surface area contributed by atoms with E-state index in [-0.39, 0.29) is 12.6 Å². The highest BCUT2D eigenvalue weighted by Crippen LogP contribution is 2.19. The standard InChI is InChI=1S/C13H19Cl2NO/c1-9(2)3-13(8-17)16-7-10-4-11(14)6-12(15)5-10/h4-6,9,13,16-17H,3,7-8H2,1-2H3. The van der Waals surface area contributed by atoms with Crippen molar-refractivity contribution in [3.05, 3.63) is 33.8 Å². The van der Waals surface area contributed by atoms with Gasteiger partial charge in [-0.2, -0.15) is 0 Å². The van der Waals surface area contributed by atoms with Crippen LogP contribution in [0.4, 0.5) is 0 Å². The first-order valence-corrected chi connectivity index (χ1v) is 6.56. The molecule has 1 atom stereocenters. The zero-order chi connectivity index (χ0) is 12.8. The predicted octanol–water partition coefficient (Wildman–Crippen LogP) is 3.49. The van der Waals surface area contributed by atoms with Gasteiger partial charge in [-0.15, -0.1) is 0 Å². The molecular weight excluding hydrogens is 257 g/mol. The van der Waals surface area contributed by atoms with Gasteiger partial charge in [0.25, 0.3) is 0 Å². The molecule has 0 radical (unpaired) electrons. The quantitative estimate of drug-likeness (QED) is 0.833. The van der Waals surface area contributed by atoms with Crippen molar-refractivity contribution in [3.63, 3.8) is 0 Å². The summed E-state index contributed by atoms with van der Waals surface area (Å²) in [6.45, 7) is 5.09. The highest BCUT2D eigenvalue weighted by atomic mass is 35.5. The van der Waals surface area contributed by atoms with Gasteiger partial charge in [0.1, 0.15) is 0 Å². The molecule has 1 aromatic rings. The van der Waals surface area contributed by atoms with E-state index in [1.54, 1.807) is 6.07 Å². The average Bonchev–Trinajstić information content (AvgIpc) is 2.22. The van der Waals surface area contributed by atoms with Gasteiger partial charge in [-0.3, -0.25) is 0 Å². The van der Waals surface area contributed by atoms with Crippen LogP contribution < -0.4 is 5.32 Å². The van der Waals surface area contributed by atoms with E-state index in [0.29, 0.717) is 22.5 Å². The average molecular weight is 276 g/mol. The fraction of sp³-hybridized carbons (Fsp3) is 0.538. The first kappa shape index (κ1) is 14.8. The minimum atomic E-state index is 0.118. The second-order valence-corrected chi connectivity index (χ2v) is 5.54. The summed E-state index contributed by atoms with van der Waals surface area (Å²) in [6, 6.07) is 5.59. The molecule has 1 rings (SSSR count). The smallest absolute Gasteiger partial charge is 0.0584 e. The Morgan fingerprint density at radius 2 is 1.76 bits per heavy atom. The van der Waals surface area contributed by atoms with Crippen molar-refractivity contribution in [2.45, 2.75) is 32.9 Å². The van der Waals surface area contributed by atoms with Gasteiger partial charge >= 0.3 is 0 Å². The van der Waals surface area contributed by atoms with Crippen LogP contribution in [0.3, 0.4) is 0 Å². The molecule has 0 aromatic heterocycles. The molecule has 2 nitrogen and oxygen atoms in total. The molecular formula is C13H19Cl2NO. The Kier molecular flexibility index (Phi) is 6.28. The van der Waals surface area contributed by atoms with Crippen LogP contribution in [0.5, 0.6) is 0 Å². The van der Waals surface area contributed by atoms with Gasteiger partial charge in [-0.05, 0) is 36.1 Å². The fourth-order valence-electron chi connectivity index (χ4n) is 1.77. The fourth-order valence-corrected chi connectivity index (χ4v) is 2.34. The Balaban J connectivity index is 2.53. The minimum Gasteiger partial charge on any atom is -0.395 e. The molecule has 96 valence electrons. The molecule has 1 unspecified atom stereocenters. The largest absolute Gasteiger partial charge is 0.395 e. The molecule has 4 heteroatoms. The summed E-state index contributed by atoms with van der Waals surface area (Å²) in [4.78, 5) is 0. The van der Waals surface area contributed by atoms with Gasteiger partial charge in [0.2, 0.25) is 0 Å². The highest BCUT2D eigenvalue weighted by molar-refractivity contribution is 6.34. The summed E-state index contributed by atoms with van der Waals surface area (Å²) in [5.41, 5.74) is 1.03. The highest BCUT2D eigenvalue weighted by Gasteiger charge is 2.09. The lowest BCUT2D eigenvalue weighted by molar-refractivity contribution is 0.223. The predicted molar refractivity (Wildman–Crippen MR) is 73.6 cm³/mol. The molecule has 0 heterocycles. The van der Waals surface area contributed by atoms with E-state index in [1.807, 2.05) is 12.1 Å². The van der Waals surface area contributed by atoms with E-state index >= 15 is 0 Å². The van der Waals surface area contributed by atoms with Crippen LogP contribution in [-0.4, -0.2) is 17.8 Å². The molecule has 0 saturated carbocycles. The first-order valence-electron chi connectivity index (χ1n) is 5.80. The molecule has 17 heavy (non-hydrogen) atoms. The summed E-state index contributed by atoms with van der Waals surface area (Å²) in [6.07, 6.45) is 0.949. The lowest BCUT2D eigenvalue weighted by Crippen LogP contribution is -2.33. The Hall–Kier alpha value is -0.280. The van der Waals surface area contributed by atoms with E-state index in [1.165, 1.54) is 0 Å². The van der Waals surface area contributed by atoms with Gasteiger partial charge in [0, 0.05) is 22.6 Å². The van der Waals surface area contributed by atoms with E-state index in [0.717, 1.165) is 12.0 Å². The van der Waals surface area contributed by atoms with Crippen LogP contribution >= 0.6 is 23.2 Å². The molecule has 0 spiro atoms. The molecule has 1 aromatic carbocycles. The third kappa shape index (κ3) is 5.73. The minimum absolute atomic E-state index is 0.118. The first-order chi connectivity index (χ1) is 8.01. The van der Waals surface area contributed by atoms with Crippen molar-refractivity contribution in [1.82, 2.24) is 5.32 Å². The summed E-state index contributed by atoms with van der Waals surface area (Å²) < 4.78 is 0. The Labute approximate surface area is 113 Å². The van der Waals surface area contributed by atoms with Crippen LogP contribution in [-0.2, 0) is 6.54 Å². The van der Waals surface area contributed by atoms with E-state index in [9.17, 15) is 5.11 Å². The molecule has 0 aliphatic heterocycles. The van der Waals surface area contributed by atoms with Gasteiger partial charge in [0.15, 0.2) is 0 Å². The number of aliphatic hydroxyl groups is 1. The van der Waals surface area contributed by atoms with Crippen molar-refractivity contribution in [2.24, 2.45) is 5.92 Å². The molecule has 0 saturated heterocycles.